The van der Waals surface area contributed by atoms with Crippen molar-refractivity contribution >= 4 is 5.91 Å². The number of hydrogen-bond donors (Lipinski definition) is 0. The van der Waals surface area contributed by atoms with E-state index in [2.05, 4.69) is 0 Å². The Labute approximate surface area is 181 Å². The van der Waals surface area contributed by atoms with Crippen LogP contribution in [0.25, 0.3) is 11.1 Å². The number of likely N-dealkylation sites (tertiary alicyclic amines) is 1. The molecule has 1 fully saturated rings. The molecule has 1 aliphatic rings. The number of halogens is 1. The Morgan fingerprint density at radius 1 is 1.06 bits per heavy atom. The first kappa shape index (κ1) is 20.8. The number of hydrogen-bond acceptors (Lipinski definition) is 4. The fraction of sp³-hybridized carbons (Fsp3) is 0.280. The Morgan fingerprint density at radius 3 is 2.55 bits per heavy atom. The fourth-order valence-electron chi connectivity index (χ4n) is 4.20. The predicted octanol–water partition coefficient (Wildman–Crippen LogP) is 5.19. The highest BCUT2D eigenvalue weighted by atomic mass is 19.1. The second-order valence-corrected chi connectivity index (χ2v) is 7.63. The zero-order valence-electron chi connectivity index (χ0n) is 17.9. The van der Waals surface area contributed by atoms with E-state index in [0.717, 1.165) is 35.4 Å². The third kappa shape index (κ3) is 4.10. The number of methoxy groups -OCH3 is 2. The minimum atomic E-state index is -0.269. The molecule has 5 nitrogen and oxygen atoms in total. The summed E-state index contributed by atoms with van der Waals surface area (Å²) in [6, 6.07) is 15.6. The van der Waals surface area contributed by atoms with Gasteiger partial charge in [0, 0.05) is 12.2 Å². The van der Waals surface area contributed by atoms with Gasteiger partial charge in [-0.05, 0) is 67.3 Å². The highest BCUT2D eigenvalue weighted by molar-refractivity contribution is 5.98. The van der Waals surface area contributed by atoms with Gasteiger partial charge in [0.15, 0.2) is 11.5 Å². The van der Waals surface area contributed by atoms with Gasteiger partial charge < -0.3 is 14.4 Å². The maximum Gasteiger partial charge on any atom is 0.258 e. The number of amides is 1. The molecule has 0 bridgehead atoms. The first-order chi connectivity index (χ1) is 15.0. The van der Waals surface area contributed by atoms with Crippen molar-refractivity contribution in [3.8, 4) is 22.6 Å². The number of carbonyl (C=O) groups excluding carboxylic acids is 1. The van der Waals surface area contributed by atoms with Crippen LogP contribution < -0.4 is 9.47 Å². The van der Waals surface area contributed by atoms with E-state index >= 15 is 0 Å². The molecule has 0 N–H and O–H groups in total. The van der Waals surface area contributed by atoms with Gasteiger partial charge in [0.05, 0.1) is 31.5 Å². The zero-order valence-corrected chi connectivity index (χ0v) is 17.9. The van der Waals surface area contributed by atoms with E-state index in [1.54, 1.807) is 37.4 Å². The van der Waals surface area contributed by atoms with Crippen molar-refractivity contribution in [3.63, 3.8) is 0 Å². The molecule has 1 saturated heterocycles. The number of pyridine rings is 1. The van der Waals surface area contributed by atoms with Crippen LogP contribution in [-0.2, 0) is 0 Å². The van der Waals surface area contributed by atoms with Gasteiger partial charge in [-0.15, -0.1) is 0 Å². The molecule has 3 aromatic rings. The Balaban J connectivity index is 1.69. The lowest BCUT2D eigenvalue weighted by Crippen LogP contribution is -2.31. The molecule has 0 unspecified atom stereocenters. The van der Waals surface area contributed by atoms with E-state index in [0.29, 0.717) is 23.6 Å². The first-order valence-electron chi connectivity index (χ1n) is 10.3. The third-order valence-electron chi connectivity index (χ3n) is 5.64. The highest BCUT2D eigenvalue weighted by Crippen LogP contribution is 2.37. The standard InChI is InChI=1S/C25H25FN2O3/c1-16-14-18(17-9-11-19(26)12-10-17)15-21(27-16)22-7-5-13-28(22)25(29)20-6-4-8-23(30-2)24(20)31-3/h4,6,8-12,14-15,22H,5,7,13H2,1-3H3/t22-/m0/s1. The lowest BCUT2D eigenvalue weighted by molar-refractivity contribution is 0.0728. The van der Waals surface area contributed by atoms with Crippen molar-refractivity contribution in [2.75, 3.05) is 20.8 Å². The molecule has 4 rings (SSSR count). The predicted molar refractivity (Wildman–Crippen MR) is 117 cm³/mol. The molecular weight excluding hydrogens is 395 g/mol. The monoisotopic (exact) mass is 420 g/mol. The topological polar surface area (TPSA) is 51.7 Å². The number of aromatic nitrogens is 1. The van der Waals surface area contributed by atoms with Crippen molar-refractivity contribution < 1.29 is 18.7 Å². The van der Waals surface area contributed by atoms with Crippen LogP contribution in [0, 0.1) is 12.7 Å². The van der Waals surface area contributed by atoms with Crippen LogP contribution in [0.4, 0.5) is 4.39 Å². The third-order valence-corrected chi connectivity index (χ3v) is 5.64. The molecule has 1 aromatic heterocycles. The molecule has 0 radical (unpaired) electrons. The van der Waals surface area contributed by atoms with E-state index in [1.807, 2.05) is 24.0 Å². The van der Waals surface area contributed by atoms with Crippen LogP contribution in [0.5, 0.6) is 11.5 Å². The number of ether oxygens (including phenoxy) is 2. The quantitative estimate of drug-likeness (QED) is 0.570. The molecular formula is C25H25FN2O3. The summed E-state index contributed by atoms with van der Waals surface area (Å²) in [6.07, 6.45) is 1.72. The summed E-state index contributed by atoms with van der Waals surface area (Å²) in [5, 5.41) is 0. The van der Waals surface area contributed by atoms with Crippen LogP contribution in [0.3, 0.4) is 0 Å². The van der Waals surface area contributed by atoms with Crippen molar-refractivity contribution in [1.29, 1.82) is 0 Å². The molecule has 0 spiro atoms. The van der Waals surface area contributed by atoms with Crippen LogP contribution in [0.1, 0.15) is 40.6 Å². The number of carbonyl (C=O) groups is 1. The van der Waals surface area contributed by atoms with Gasteiger partial charge in [0.2, 0.25) is 0 Å². The summed E-state index contributed by atoms with van der Waals surface area (Å²) < 4.78 is 24.2. The van der Waals surface area contributed by atoms with Gasteiger partial charge in [-0.2, -0.15) is 0 Å². The summed E-state index contributed by atoms with van der Waals surface area (Å²) in [7, 11) is 3.09. The summed E-state index contributed by atoms with van der Waals surface area (Å²) in [5.74, 6) is 0.584. The Kier molecular flexibility index (Phi) is 5.89. The molecule has 2 aromatic carbocycles. The second kappa shape index (κ2) is 8.76. The minimum Gasteiger partial charge on any atom is -0.493 e. The number of nitrogens with zero attached hydrogens (tertiary/aromatic N) is 2. The maximum atomic E-state index is 13.5. The van der Waals surface area contributed by atoms with E-state index in [-0.39, 0.29) is 17.8 Å². The van der Waals surface area contributed by atoms with Crippen molar-refractivity contribution in [2.45, 2.75) is 25.8 Å². The Bertz CT molecular complexity index is 1100. The molecule has 2 heterocycles. The van der Waals surface area contributed by atoms with Crippen LogP contribution in [0.2, 0.25) is 0 Å². The molecule has 1 amide bonds. The van der Waals surface area contributed by atoms with Gasteiger partial charge in [0.1, 0.15) is 5.82 Å². The fourth-order valence-corrected chi connectivity index (χ4v) is 4.20. The molecule has 6 heteroatoms. The largest absolute Gasteiger partial charge is 0.493 e. The average molecular weight is 420 g/mol. The zero-order chi connectivity index (χ0) is 22.0. The molecule has 1 aliphatic heterocycles. The highest BCUT2D eigenvalue weighted by Gasteiger charge is 2.33. The number of aryl methyl sites for hydroxylation is 1. The van der Waals surface area contributed by atoms with E-state index < -0.39 is 0 Å². The Hall–Kier alpha value is -3.41. The Morgan fingerprint density at radius 2 is 1.84 bits per heavy atom. The van der Waals surface area contributed by atoms with E-state index in [1.165, 1.54) is 19.2 Å². The van der Waals surface area contributed by atoms with Crippen LogP contribution >= 0.6 is 0 Å². The summed E-state index contributed by atoms with van der Waals surface area (Å²) >= 11 is 0. The normalized spacial score (nSPS) is 15.7. The molecule has 0 saturated carbocycles. The molecule has 1 atom stereocenters. The smallest absolute Gasteiger partial charge is 0.258 e. The van der Waals surface area contributed by atoms with Gasteiger partial charge in [-0.1, -0.05) is 18.2 Å². The van der Waals surface area contributed by atoms with E-state index in [4.69, 9.17) is 14.5 Å². The number of rotatable bonds is 5. The summed E-state index contributed by atoms with van der Waals surface area (Å²) in [5.41, 5.74) is 4.04. The number of para-hydroxylation sites is 1. The van der Waals surface area contributed by atoms with Gasteiger partial charge in [-0.3, -0.25) is 9.78 Å². The van der Waals surface area contributed by atoms with Crippen molar-refractivity contribution in [2.24, 2.45) is 0 Å². The average Bonchev–Trinajstić information content (AvgIpc) is 3.28. The lowest BCUT2D eigenvalue weighted by atomic mass is 10.0. The van der Waals surface area contributed by atoms with Gasteiger partial charge in [-0.25, -0.2) is 4.39 Å². The van der Waals surface area contributed by atoms with Crippen molar-refractivity contribution in [3.05, 3.63) is 77.4 Å². The van der Waals surface area contributed by atoms with Crippen molar-refractivity contribution in [1.82, 2.24) is 9.88 Å². The lowest BCUT2D eigenvalue weighted by Gasteiger charge is -2.26. The number of benzene rings is 2. The van der Waals surface area contributed by atoms with Gasteiger partial charge >= 0.3 is 0 Å². The first-order valence-corrected chi connectivity index (χ1v) is 10.3. The summed E-state index contributed by atoms with van der Waals surface area (Å²) in [6.45, 7) is 2.58. The second-order valence-electron chi connectivity index (χ2n) is 7.63. The van der Waals surface area contributed by atoms with E-state index in [9.17, 15) is 9.18 Å². The molecule has 0 aliphatic carbocycles. The molecule has 160 valence electrons. The van der Waals surface area contributed by atoms with Crippen LogP contribution in [0.15, 0.2) is 54.6 Å². The SMILES string of the molecule is COc1cccc(C(=O)N2CCC[C@H]2c2cc(-c3ccc(F)cc3)cc(C)n2)c1OC. The summed E-state index contributed by atoms with van der Waals surface area (Å²) in [4.78, 5) is 20.1. The van der Waals surface area contributed by atoms with Gasteiger partial charge in [0.25, 0.3) is 5.91 Å². The maximum absolute atomic E-state index is 13.5. The minimum absolute atomic E-state index is 0.107. The van der Waals surface area contributed by atoms with Crippen LogP contribution in [-0.4, -0.2) is 36.6 Å². The molecule has 31 heavy (non-hydrogen) atoms.